The van der Waals surface area contributed by atoms with E-state index < -0.39 is 0 Å². The molecule has 0 saturated carbocycles. The minimum absolute atomic E-state index is 0.00858. The Bertz CT molecular complexity index is 1330. The highest BCUT2D eigenvalue weighted by atomic mass is 16.5. The van der Waals surface area contributed by atoms with Gasteiger partial charge in [-0.25, -0.2) is 0 Å². The summed E-state index contributed by atoms with van der Waals surface area (Å²) in [5.74, 6) is 2.68. The van der Waals surface area contributed by atoms with Crippen molar-refractivity contribution in [2.24, 2.45) is 11.8 Å². The van der Waals surface area contributed by atoms with Crippen LogP contribution in [0.15, 0.2) is 97.1 Å². The fraction of sp³-hybridized carbons (Fsp3) is 0.314. The maximum absolute atomic E-state index is 10.4. The number of rotatable bonds is 16. The summed E-state index contributed by atoms with van der Waals surface area (Å²) in [6.45, 7) is 0.963. The second kappa shape index (κ2) is 15.7. The summed E-state index contributed by atoms with van der Waals surface area (Å²) < 4.78 is 23.3. The first-order valence-corrected chi connectivity index (χ1v) is 14.0. The van der Waals surface area contributed by atoms with Crippen molar-refractivity contribution in [3.05, 3.63) is 119 Å². The molecule has 0 aliphatic rings. The Morgan fingerprint density at radius 2 is 1.00 bits per heavy atom. The highest BCUT2D eigenvalue weighted by molar-refractivity contribution is 5.44. The van der Waals surface area contributed by atoms with Gasteiger partial charge in [-0.2, -0.15) is 0 Å². The number of benzene rings is 4. The number of methoxy groups -OCH3 is 2. The van der Waals surface area contributed by atoms with Gasteiger partial charge in [-0.3, -0.25) is 0 Å². The molecule has 0 aliphatic carbocycles. The van der Waals surface area contributed by atoms with Crippen LogP contribution in [0.1, 0.15) is 28.7 Å². The molecule has 216 valence electrons. The largest absolute Gasteiger partial charge is 0.493 e. The van der Waals surface area contributed by atoms with E-state index in [9.17, 15) is 10.2 Å². The molecule has 2 N–H and O–H groups in total. The number of hydrogen-bond acceptors (Lipinski definition) is 6. The minimum Gasteiger partial charge on any atom is -0.493 e. The molecule has 0 heterocycles. The highest BCUT2D eigenvalue weighted by Crippen LogP contribution is 2.34. The van der Waals surface area contributed by atoms with Gasteiger partial charge in [-0.15, -0.1) is 0 Å². The van der Waals surface area contributed by atoms with Gasteiger partial charge in [0.15, 0.2) is 23.0 Å². The summed E-state index contributed by atoms with van der Waals surface area (Å²) in [4.78, 5) is 0. The van der Waals surface area contributed by atoms with Crippen LogP contribution in [0, 0.1) is 11.8 Å². The molecular weight excluding hydrogens is 516 g/mol. The van der Waals surface area contributed by atoms with E-state index in [1.165, 1.54) is 0 Å². The van der Waals surface area contributed by atoms with Gasteiger partial charge in [0.05, 0.1) is 14.2 Å². The third-order valence-electron chi connectivity index (χ3n) is 7.33. The molecule has 6 heteroatoms. The molecule has 0 fully saturated rings. The Balaban J connectivity index is 1.43. The van der Waals surface area contributed by atoms with Crippen LogP contribution in [-0.4, -0.2) is 37.6 Å². The molecule has 4 rings (SSSR count). The van der Waals surface area contributed by atoms with E-state index in [1.54, 1.807) is 14.2 Å². The number of aliphatic hydroxyl groups excluding tert-OH is 2. The van der Waals surface area contributed by atoms with Crippen molar-refractivity contribution >= 4 is 0 Å². The molecule has 0 saturated heterocycles. The van der Waals surface area contributed by atoms with Crippen molar-refractivity contribution < 1.29 is 29.2 Å². The van der Waals surface area contributed by atoms with Crippen molar-refractivity contribution in [1.82, 2.24) is 0 Å². The monoisotopic (exact) mass is 556 g/mol. The minimum atomic E-state index is -0.0528. The standard InChI is InChI=1S/C35H40O6/c1-38-34-21-28(13-15-32(34)40-24-26-9-5-3-6-10-26)19-30(17-18-36)31(23-37)20-29-14-16-33(35(22-29)39-2)41-25-27-11-7-4-8-12-27/h3-16,21-22,30-31,36-37H,17-20,23-25H2,1-2H3/t30-,31+/m0/s1. The molecule has 0 aromatic heterocycles. The van der Waals surface area contributed by atoms with Crippen LogP contribution in [0.25, 0.3) is 0 Å². The lowest BCUT2D eigenvalue weighted by atomic mass is 9.81. The smallest absolute Gasteiger partial charge is 0.161 e. The molecule has 41 heavy (non-hydrogen) atoms. The van der Waals surface area contributed by atoms with Gasteiger partial charge in [0.25, 0.3) is 0 Å². The SMILES string of the molecule is COc1cc(C[C@H](CO)[C@@H](CCO)Cc2ccc(OCc3ccccc3)c(OC)c2)ccc1OCc1ccccc1. The molecule has 0 radical (unpaired) electrons. The summed E-state index contributed by atoms with van der Waals surface area (Å²) in [6.07, 6.45) is 1.91. The molecule has 0 unspecified atom stereocenters. The lowest BCUT2D eigenvalue weighted by molar-refractivity contribution is 0.147. The fourth-order valence-electron chi connectivity index (χ4n) is 5.04. The number of aliphatic hydroxyl groups is 2. The predicted molar refractivity (Wildman–Crippen MR) is 161 cm³/mol. The average Bonchev–Trinajstić information content (AvgIpc) is 3.03. The van der Waals surface area contributed by atoms with E-state index in [-0.39, 0.29) is 25.0 Å². The zero-order valence-corrected chi connectivity index (χ0v) is 23.9. The molecule has 0 bridgehead atoms. The maximum atomic E-state index is 10.4. The molecule has 0 amide bonds. The van der Waals surface area contributed by atoms with Crippen LogP contribution in [0.5, 0.6) is 23.0 Å². The summed E-state index contributed by atoms with van der Waals surface area (Å²) in [5, 5.41) is 20.3. The van der Waals surface area contributed by atoms with Gasteiger partial charge >= 0.3 is 0 Å². The molecule has 4 aromatic carbocycles. The second-order valence-electron chi connectivity index (χ2n) is 10.1. The first kappa shape index (κ1) is 30.0. The predicted octanol–water partition coefficient (Wildman–Crippen LogP) is 6.25. The van der Waals surface area contributed by atoms with E-state index in [1.807, 2.05) is 97.1 Å². The Kier molecular flexibility index (Phi) is 11.5. The lowest BCUT2D eigenvalue weighted by Gasteiger charge is -2.26. The van der Waals surface area contributed by atoms with Gasteiger partial charge < -0.3 is 29.2 Å². The van der Waals surface area contributed by atoms with Gasteiger partial charge in [-0.05, 0) is 77.6 Å². The van der Waals surface area contributed by atoms with E-state index in [2.05, 4.69) is 0 Å². The quantitative estimate of drug-likeness (QED) is 0.170. The van der Waals surface area contributed by atoms with Gasteiger partial charge in [0.2, 0.25) is 0 Å². The first-order chi connectivity index (χ1) is 20.1. The van der Waals surface area contributed by atoms with Crippen LogP contribution in [0.3, 0.4) is 0 Å². The van der Waals surface area contributed by atoms with Gasteiger partial charge in [-0.1, -0.05) is 72.8 Å². The van der Waals surface area contributed by atoms with Crippen LogP contribution in [-0.2, 0) is 26.1 Å². The van der Waals surface area contributed by atoms with E-state index in [4.69, 9.17) is 18.9 Å². The highest BCUT2D eigenvalue weighted by Gasteiger charge is 2.23. The van der Waals surface area contributed by atoms with E-state index in [0.717, 1.165) is 22.3 Å². The molecule has 0 aliphatic heterocycles. The van der Waals surface area contributed by atoms with Crippen molar-refractivity contribution in [3.63, 3.8) is 0 Å². The summed E-state index contributed by atoms with van der Waals surface area (Å²) >= 11 is 0. The Morgan fingerprint density at radius 1 is 0.537 bits per heavy atom. The molecule has 0 spiro atoms. The van der Waals surface area contributed by atoms with Crippen molar-refractivity contribution in [3.8, 4) is 23.0 Å². The molecular formula is C35H40O6. The van der Waals surface area contributed by atoms with Crippen LogP contribution < -0.4 is 18.9 Å². The second-order valence-corrected chi connectivity index (χ2v) is 10.1. The number of ether oxygens (including phenoxy) is 4. The van der Waals surface area contributed by atoms with E-state index >= 15 is 0 Å². The lowest BCUT2D eigenvalue weighted by Crippen LogP contribution is -2.24. The zero-order chi connectivity index (χ0) is 28.9. The summed E-state index contributed by atoms with van der Waals surface area (Å²) in [5.41, 5.74) is 4.27. The summed E-state index contributed by atoms with van der Waals surface area (Å²) in [6, 6.07) is 31.9. The number of hydrogen-bond donors (Lipinski definition) is 2. The fourth-order valence-corrected chi connectivity index (χ4v) is 5.04. The third-order valence-corrected chi connectivity index (χ3v) is 7.33. The molecule has 6 nitrogen and oxygen atoms in total. The topological polar surface area (TPSA) is 77.4 Å². The van der Waals surface area contributed by atoms with Crippen molar-refractivity contribution in [2.75, 3.05) is 27.4 Å². The Morgan fingerprint density at radius 3 is 1.41 bits per heavy atom. The molecule has 4 aromatic rings. The van der Waals surface area contributed by atoms with Crippen LogP contribution in [0.2, 0.25) is 0 Å². The normalized spacial score (nSPS) is 12.4. The maximum Gasteiger partial charge on any atom is 0.161 e. The zero-order valence-electron chi connectivity index (χ0n) is 23.9. The van der Waals surface area contributed by atoms with E-state index in [0.29, 0.717) is 55.5 Å². The Hall–Kier alpha value is -4.00. The average molecular weight is 557 g/mol. The van der Waals surface area contributed by atoms with Crippen molar-refractivity contribution in [1.29, 1.82) is 0 Å². The van der Waals surface area contributed by atoms with Crippen LogP contribution >= 0.6 is 0 Å². The molecule has 2 atom stereocenters. The van der Waals surface area contributed by atoms with Crippen molar-refractivity contribution in [2.45, 2.75) is 32.5 Å². The first-order valence-electron chi connectivity index (χ1n) is 14.0. The van der Waals surface area contributed by atoms with Gasteiger partial charge in [0.1, 0.15) is 13.2 Å². The van der Waals surface area contributed by atoms with Gasteiger partial charge in [0, 0.05) is 13.2 Å². The third kappa shape index (κ3) is 8.74. The van der Waals surface area contributed by atoms with Crippen LogP contribution in [0.4, 0.5) is 0 Å². The Labute approximate surface area is 243 Å². The summed E-state index contributed by atoms with van der Waals surface area (Å²) in [7, 11) is 3.27.